The number of benzene rings is 4. The lowest BCUT2D eigenvalue weighted by molar-refractivity contribution is 1.07. The molecule has 4 heterocycles. The van der Waals surface area contributed by atoms with Crippen LogP contribution in [0.15, 0.2) is 113 Å². The number of fused-ring (bicyclic) bond motifs is 3. The van der Waals surface area contributed by atoms with Crippen molar-refractivity contribution in [2.45, 2.75) is 0 Å². The molecule has 3 aliphatic heterocycles. The van der Waals surface area contributed by atoms with Crippen LogP contribution in [-0.4, -0.2) is 15.0 Å². The van der Waals surface area contributed by atoms with Crippen molar-refractivity contribution < 1.29 is 0 Å². The highest BCUT2D eigenvalue weighted by Gasteiger charge is 2.25. The van der Waals surface area contributed by atoms with Crippen LogP contribution in [0.25, 0.3) is 59.2 Å². The number of nitrogens with zero attached hydrogens (tertiary/aromatic N) is 19. The second-order valence-electron chi connectivity index (χ2n) is 12.5. The van der Waals surface area contributed by atoms with Crippen LogP contribution in [-0.2, 0) is 0 Å². The molecule has 0 spiro atoms. The Morgan fingerprint density at radius 2 is 0.903 bits per heavy atom. The topological polar surface area (TPSA) is 273 Å². The molecule has 62 heavy (non-hydrogen) atoms. The number of hydrogen-bond acceptors (Lipinski definition) is 15. The van der Waals surface area contributed by atoms with Crippen molar-refractivity contribution in [3.63, 3.8) is 0 Å². The van der Waals surface area contributed by atoms with Gasteiger partial charge in [-0.05, 0) is 54.1 Å². The summed E-state index contributed by atoms with van der Waals surface area (Å²) in [5, 5.41) is 59.8. The third-order valence-corrected chi connectivity index (χ3v) is 9.12. The molecule has 0 fully saturated rings. The fourth-order valence-corrected chi connectivity index (χ4v) is 6.41. The Kier molecular flexibility index (Phi) is 9.15. The van der Waals surface area contributed by atoms with E-state index in [9.17, 15) is 31.6 Å². The van der Waals surface area contributed by atoms with Gasteiger partial charge in [0.2, 0.25) is 11.4 Å². The van der Waals surface area contributed by atoms with Crippen LogP contribution in [0.1, 0.15) is 27.8 Å². The zero-order chi connectivity index (χ0) is 43.7. The molecule has 0 amide bonds. The van der Waals surface area contributed by atoms with E-state index in [1.54, 1.807) is 12.1 Å². The summed E-state index contributed by atoms with van der Waals surface area (Å²) >= 11 is 0. The molecule has 0 N–H and O–H groups in total. The van der Waals surface area contributed by atoms with E-state index in [0.717, 1.165) is 0 Å². The summed E-state index contributed by atoms with van der Waals surface area (Å²) in [5.41, 5.74) is -0.337. The quantitative estimate of drug-likeness (QED) is 0.191. The van der Waals surface area contributed by atoms with Crippen molar-refractivity contribution in [1.82, 2.24) is 15.0 Å². The smallest absolute Gasteiger partial charge is 0.250 e. The lowest BCUT2D eigenvalue weighted by Gasteiger charge is -2.11. The molecule has 0 radical (unpaired) electrons. The van der Waals surface area contributed by atoms with Crippen molar-refractivity contribution >= 4 is 11.4 Å². The monoisotopic (exact) mass is 791 g/mol. The number of nitriles is 6. The van der Waals surface area contributed by atoms with Crippen LogP contribution >= 0.6 is 0 Å². The maximum atomic E-state index is 10.7. The van der Waals surface area contributed by atoms with Gasteiger partial charge in [0.15, 0.2) is 34.9 Å². The van der Waals surface area contributed by atoms with Gasteiger partial charge in [0.25, 0.3) is 0 Å². The Bertz CT molecular complexity index is 3770. The summed E-state index contributed by atoms with van der Waals surface area (Å²) in [6.07, 6.45) is 0. The van der Waals surface area contributed by atoms with Gasteiger partial charge in [0.1, 0.15) is 22.9 Å². The first-order valence-electron chi connectivity index (χ1n) is 17.1. The number of aromatic nitrogens is 3. The average Bonchev–Trinajstić information content (AvgIpc) is 4.06. The van der Waals surface area contributed by atoms with Crippen LogP contribution in [0.3, 0.4) is 0 Å². The predicted molar refractivity (Wildman–Crippen MR) is 207 cm³/mol. The van der Waals surface area contributed by atoms with Crippen molar-refractivity contribution in [2.75, 3.05) is 0 Å². The van der Waals surface area contributed by atoms with E-state index in [4.69, 9.17) is 36.3 Å². The van der Waals surface area contributed by atoms with Crippen LogP contribution in [0.4, 0.5) is 5.69 Å². The van der Waals surface area contributed by atoms with E-state index >= 15 is 0 Å². The SMILES string of the molecule is [C-]#[N+]/C(=C1/N=c2ccc(-c3nc(-c4ccc5c(c4C#N)=N/C(=C(\C#N)[N+]#[C-])N=5)nc(-c4ccc5c(c4[N+]#[C-])=N/C(=C(\C#N)[N+]#[C-])N=5)n3)c(C#N)c2=N1)c1cc(C#N)cc(C#N)c1. The minimum Gasteiger partial charge on any atom is -0.250 e. The molecule has 19 nitrogen and oxygen atoms in total. The third-order valence-electron chi connectivity index (χ3n) is 9.12. The molecular weight excluding hydrogens is 783 g/mol. The van der Waals surface area contributed by atoms with Gasteiger partial charge in [-0.2, -0.15) is 21.0 Å². The third kappa shape index (κ3) is 6.05. The summed E-state index contributed by atoms with van der Waals surface area (Å²) < 4.78 is 0. The van der Waals surface area contributed by atoms with E-state index in [0.29, 0.717) is 0 Å². The minimum absolute atomic E-state index is 0.0416. The predicted octanol–water partition coefficient (Wildman–Crippen LogP) is 3.14. The molecule has 0 saturated heterocycles. The molecule has 0 bridgehead atoms. The molecule has 0 unspecified atom stereocenters. The van der Waals surface area contributed by atoms with Crippen molar-refractivity contribution in [1.29, 1.82) is 31.6 Å². The van der Waals surface area contributed by atoms with E-state index in [1.807, 2.05) is 12.1 Å². The Morgan fingerprint density at radius 3 is 1.34 bits per heavy atom. The second kappa shape index (κ2) is 15.0. The first-order valence-corrected chi connectivity index (χ1v) is 17.1. The van der Waals surface area contributed by atoms with Gasteiger partial charge in [0.05, 0.1) is 94.2 Å². The van der Waals surface area contributed by atoms with Crippen LogP contribution in [0.5, 0.6) is 0 Å². The van der Waals surface area contributed by atoms with E-state index in [1.165, 1.54) is 54.6 Å². The Balaban J connectivity index is 1.41. The maximum absolute atomic E-state index is 10.7. The van der Waals surface area contributed by atoms with Crippen LogP contribution in [0.2, 0.25) is 0 Å². The molecule has 276 valence electrons. The molecule has 8 rings (SSSR count). The summed E-state index contributed by atoms with van der Waals surface area (Å²) in [6, 6.07) is 24.8. The molecule has 4 aromatic carbocycles. The first-order chi connectivity index (χ1) is 30.2. The zero-order valence-electron chi connectivity index (χ0n) is 30.7. The van der Waals surface area contributed by atoms with E-state index in [-0.39, 0.29) is 129 Å². The minimum atomic E-state index is -0.394. The van der Waals surface area contributed by atoms with Gasteiger partial charge in [0, 0.05) is 16.7 Å². The van der Waals surface area contributed by atoms with Crippen LogP contribution in [0, 0.1) is 94.3 Å². The van der Waals surface area contributed by atoms with Crippen molar-refractivity contribution in [2.24, 2.45) is 30.0 Å². The Hall–Kier alpha value is -11.2. The first kappa shape index (κ1) is 37.7. The Morgan fingerprint density at radius 1 is 0.468 bits per heavy atom. The van der Waals surface area contributed by atoms with E-state index < -0.39 is 5.70 Å². The largest absolute Gasteiger partial charge is 0.305 e. The van der Waals surface area contributed by atoms with Gasteiger partial charge in [-0.15, -0.1) is 0 Å². The molecule has 3 aliphatic rings. The van der Waals surface area contributed by atoms with Crippen molar-refractivity contribution in [3.8, 4) is 70.6 Å². The summed E-state index contributed by atoms with van der Waals surface area (Å²) in [4.78, 5) is 53.8. The highest BCUT2D eigenvalue weighted by atomic mass is 15.1. The van der Waals surface area contributed by atoms with Crippen LogP contribution < -0.4 is 32.1 Å². The van der Waals surface area contributed by atoms with Gasteiger partial charge >= 0.3 is 11.4 Å². The van der Waals surface area contributed by atoms with Gasteiger partial charge in [-0.3, -0.25) is 0 Å². The molecule has 19 heteroatoms. The molecule has 1 aromatic heterocycles. The standard InChI is InChI=1S/C43H9N19/c1-50-31(18-48)41-54-28-8-5-23(26(16-46)34(28)57-41)38-60-39(62-40(61-38)25-7-10-30-37(36(25)53-4)59-42(55-30)32(19-49)51-2)24-6-9-29-35(27(24)17-47)58-43(56-29)33(52-3)22-12-20(14-44)11-21(13-22)15-45/h5-13H/b41-31+,42-32+,43-33-. The summed E-state index contributed by atoms with van der Waals surface area (Å²) in [5.74, 6) is -0.848. The molecule has 0 atom stereocenters. The summed E-state index contributed by atoms with van der Waals surface area (Å²) in [6.45, 7) is 30.7. The highest BCUT2D eigenvalue weighted by Crippen LogP contribution is 2.31. The van der Waals surface area contributed by atoms with Gasteiger partial charge in [-0.25, -0.2) is 74.8 Å². The fourth-order valence-electron chi connectivity index (χ4n) is 6.41. The highest BCUT2D eigenvalue weighted by molar-refractivity contribution is 5.79. The molecule has 5 aromatic rings. The number of allylic oxidation sites excluding steroid dienone is 2. The number of hydrogen-bond donors (Lipinski definition) is 0. The maximum Gasteiger partial charge on any atom is 0.305 e. The van der Waals surface area contributed by atoms with Crippen molar-refractivity contribution in [3.05, 3.63) is 189 Å². The average molecular weight is 792 g/mol. The molecule has 0 aliphatic carbocycles. The number of rotatable bonds is 4. The van der Waals surface area contributed by atoms with Gasteiger partial charge < -0.3 is 0 Å². The molecule has 0 saturated carbocycles. The van der Waals surface area contributed by atoms with E-state index in [2.05, 4.69) is 66.5 Å². The summed E-state index contributed by atoms with van der Waals surface area (Å²) in [7, 11) is 0. The lowest BCUT2D eigenvalue weighted by atomic mass is 10.0. The fraction of sp³-hybridized carbons (Fsp3) is 0. The molecular formula is C43H9N19. The second-order valence-corrected chi connectivity index (χ2v) is 12.5. The lowest BCUT2D eigenvalue weighted by Crippen LogP contribution is -2.26. The Labute approximate surface area is 346 Å². The zero-order valence-corrected chi connectivity index (χ0v) is 30.7. The normalized spacial score (nSPS) is 14.4. The van der Waals surface area contributed by atoms with Gasteiger partial charge in [-0.1, -0.05) is 6.07 Å².